The molecule has 104 valence electrons. The normalized spacial score (nSPS) is 18.3. The number of nitrogens with two attached hydrogens (primary N) is 1. The van der Waals surface area contributed by atoms with Crippen LogP contribution in [0.5, 0.6) is 5.75 Å². The Kier molecular flexibility index (Phi) is 4.16. The number of benzene rings is 1. The van der Waals surface area contributed by atoms with E-state index in [0.29, 0.717) is 0 Å². The average molecular weight is 327 g/mol. The Balaban J connectivity index is 2.05. The summed E-state index contributed by atoms with van der Waals surface area (Å²) in [5.41, 5.74) is 6.37. The molecule has 4 nitrogen and oxygen atoms in total. The lowest BCUT2D eigenvalue weighted by Gasteiger charge is -2.37. The number of methoxy groups -OCH3 is 1. The average Bonchev–Trinajstić information content (AvgIpc) is 2.35. The van der Waals surface area contributed by atoms with Crippen molar-refractivity contribution in [2.45, 2.75) is 37.8 Å². The van der Waals surface area contributed by atoms with E-state index in [1.165, 1.54) is 0 Å². The Labute approximate surface area is 121 Å². The predicted octanol–water partition coefficient (Wildman–Crippen LogP) is 2.52. The first-order valence-corrected chi connectivity index (χ1v) is 7.19. The molecule has 0 aromatic heterocycles. The minimum absolute atomic E-state index is 0.0572. The zero-order valence-corrected chi connectivity index (χ0v) is 12.8. The van der Waals surface area contributed by atoms with Gasteiger partial charge in [-0.3, -0.25) is 4.79 Å². The Hall–Kier alpha value is -1.07. The predicted molar refractivity (Wildman–Crippen MR) is 78.0 cm³/mol. The van der Waals surface area contributed by atoms with Crippen LogP contribution in [0, 0.1) is 0 Å². The molecule has 19 heavy (non-hydrogen) atoms. The molecule has 0 heterocycles. The fourth-order valence-corrected chi connectivity index (χ4v) is 2.72. The van der Waals surface area contributed by atoms with Gasteiger partial charge in [-0.25, -0.2) is 0 Å². The van der Waals surface area contributed by atoms with E-state index in [1.54, 1.807) is 7.11 Å². The molecule has 1 aliphatic rings. The van der Waals surface area contributed by atoms with Gasteiger partial charge in [0.25, 0.3) is 0 Å². The van der Waals surface area contributed by atoms with E-state index in [9.17, 15) is 4.79 Å². The highest BCUT2D eigenvalue weighted by Crippen LogP contribution is 2.31. The summed E-state index contributed by atoms with van der Waals surface area (Å²) in [6.07, 6.45) is 2.59. The first kappa shape index (κ1) is 14.3. The van der Waals surface area contributed by atoms with Crippen LogP contribution in [0.4, 0.5) is 0 Å². The van der Waals surface area contributed by atoms with Crippen molar-refractivity contribution >= 4 is 21.8 Å². The number of rotatable bonds is 4. The second kappa shape index (κ2) is 5.51. The van der Waals surface area contributed by atoms with Gasteiger partial charge in [-0.1, -0.05) is 6.07 Å². The number of amides is 1. The van der Waals surface area contributed by atoms with Crippen LogP contribution in [0.1, 0.15) is 37.8 Å². The SMILES string of the molecule is COc1ccc(C(C)NC(=O)C2(N)CCC2)cc1Br. The van der Waals surface area contributed by atoms with Crippen LogP contribution >= 0.6 is 15.9 Å². The molecule has 1 aromatic carbocycles. The summed E-state index contributed by atoms with van der Waals surface area (Å²) >= 11 is 3.44. The lowest BCUT2D eigenvalue weighted by molar-refractivity contribution is -0.129. The van der Waals surface area contributed by atoms with Gasteiger partial charge in [-0.2, -0.15) is 0 Å². The van der Waals surface area contributed by atoms with Gasteiger partial charge in [-0.05, 0) is 59.8 Å². The van der Waals surface area contributed by atoms with Gasteiger partial charge < -0.3 is 15.8 Å². The third-order valence-corrected chi connectivity index (χ3v) is 4.34. The van der Waals surface area contributed by atoms with Gasteiger partial charge in [0.1, 0.15) is 5.75 Å². The minimum atomic E-state index is -0.655. The standard InChI is InChI=1S/C14H19BrN2O2/c1-9(17-13(18)14(16)6-3-7-14)10-4-5-12(19-2)11(15)8-10/h4-5,8-9H,3,6-7,16H2,1-2H3,(H,17,18). The summed E-state index contributed by atoms with van der Waals surface area (Å²) in [5.74, 6) is 0.717. The maximum Gasteiger partial charge on any atom is 0.240 e. The van der Waals surface area contributed by atoms with Gasteiger partial charge in [0.05, 0.1) is 23.2 Å². The minimum Gasteiger partial charge on any atom is -0.496 e. The number of carbonyl (C=O) groups is 1. The van der Waals surface area contributed by atoms with Crippen LogP contribution in [0.2, 0.25) is 0 Å². The third kappa shape index (κ3) is 2.92. The Bertz CT molecular complexity index is 486. The molecule has 1 fully saturated rings. The molecule has 0 aliphatic heterocycles. The molecule has 1 amide bonds. The van der Waals surface area contributed by atoms with Gasteiger partial charge in [-0.15, -0.1) is 0 Å². The lowest BCUT2D eigenvalue weighted by Crippen LogP contribution is -2.58. The number of hydrogen-bond donors (Lipinski definition) is 2. The number of nitrogens with one attached hydrogen (secondary N) is 1. The van der Waals surface area contributed by atoms with Crippen LogP contribution in [0.3, 0.4) is 0 Å². The van der Waals surface area contributed by atoms with Gasteiger partial charge >= 0.3 is 0 Å². The topological polar surface area (TPSA) is 64.3 Å². The fraction of sp³-hybridized carbons (Fsp3) is 0.500. The highest BCUT2D eigenvalue weighted by molar-refractivity contribution is 9.10. The summed E-state index contributed by atoms with van der Waals surface area (Å²) in [6.45, 7) is 1.95. The van der Waals surface area contributed by atoms with Crippen LogP contribution < -0.4 is 15.8 Å². The number of hydrogen-bond acceptors (Lipinski definition) is 3. The molecule has 1 unspecified atom stereocenters. The molecule has 0 saturated heterocycles. The zero-order valence-electron chi connectivity index (χ0n) is 11.2. The summed E-state index contributed by atoms with van der Waals surface area (Å²) < 4.78 is 6.06. The lowest BCUT2D eigenvalue weighted by atomic mass is 9.77. The van der Waals surface area contributed by atoms with E-state index >= 15 is 0 Å². The van der Waals surface area contributed by atoms with Crippen molar-refractivity contribution in [3.8, 4) is 5.75 Å². The van der Waals surface area contributed by atoms with Crippen molar-refractivity contribution in [2.75, 3.05) is 7.11 Å². The van der Waals surface area contributed by atoms with E-state index < -0.39 is 5.54 Å². The van der Waals surface area contributed by atoms with E-state index in [1.807, 2.05) is 25.1 Å². The van der Waals surface area contributed by atoms with E-state index in [4.69, 9.17) is 10.5 Å². The van der Waals surface area contributed by atoms with E-state index in [0.717, 1.165) is 35.0 Å². The van der Waals surface area contributed by atoms with Crippen LogP contribution in [0.25, 0.3) is 0 Å². The second-order valence-corrected chi connectivity index (χ2v) is 5.95. The summed E-state index contributed by atoms with van der Waals surface area (Å²) in [7, 11) is 1.62. The van der Waals surface area contributed by atoms with Crippen LogP contribution in [-0.4, -0.2) is 18.6 Å². The molecule has 1 aromatic rings. The summed E-state index contributed by atoms with van der Waals surface area (Å²) in [5, 5.41) is 2.98. The van der Waals surface area contributed by atoms with Crippen molar-refractivity contribution in [1.82, 2.24) is 5.32 Å². The molecule has 1 saturated carbocycles. The zero-order chi connectivity index (χ0) is 14.0. The first-order valence-electron chi connectivity index (χ1n) is 6.39. The molecule has 0 spiro atoms. The summed E-state index contributed by atoms with van der Waals surface area (Å²) in [6, 6.07) is 5.70. The van der Waals surface area contributed by atoms with E-state index in [2.05, 4.69) is 21.2 Å². The number of ether oxygens (including phenoxy) is 1. The number of carbonyl (C=O) groups excluding carboxylic acids is 1. The first-order chi connectivity index (χ1) is 8.96. The van der Waals surface area contributed by atoms with Gasteiger partial charge in [0, 0.05) is 0 Å². The molecular weight excluding hydrogens is 308 g/mol. The molecule has 5 heteroatoms. The maximum atomic E-state index is 12.1. The van der Waals surface area contributed by atoms with Crippen LogP contribution in [-0.2, 0) is 4.79 Å². The summed E-state index contributed by atoms with van der Waals surface area (Å²) in [4.78, 5) is 12.1. The Morgan fingerprint density at radius 1 is 1.53 bits per heavy atom. The fourth-order valence-electron chi connectivity index (χ4n) is 2.16. The largest absolute Gasteiger partial charge is 0.496 e. The van der Waals surface area contributed by atoms with Gasteiger partial charge in [0.15, 0.2) is 0 Å². The molecule has 3 N–H and O–H groups in total. The van der Waals surface area contributed by atoms with Crippen molar-refractivity contribution in [3.05, 3.63) is 28.2 Å². The second-order valence-electron chi connectivity index (χ2n) is 5.10. The van der Waals surface area contributed by atoms with Crippen molar-refractivity contribution in [2.24, 2.45) is 5.73 Å². The molecular formula is C14H19BrN2O2. The third-order valence-electron chi connectivity index (χ3n) is 3.72. The molecule has 1 aliphatic carbocycles. The molecule has 0 radical (unpaired) electrons. The highest BCUT2D eigenvalue weighted by atomic mass is 79.9. The van der Waals surface area contributed by atoms with E-state index in [-0.39, 0.29) is 11.9 Å². The number of halogens is 1. The van der Waals surface area contributed by atoms with Gasteiger partial charge in [0.2, 0.25) is 5.91 Å². The molecule has 2 rings (SSSR count). The maximum absolute atomic E-state index is 12.1. The van der Waals surface area contributed by atoms with Crippen LogP contribution in [0.15, 0.2) is 22.7 Å². The quantitative estimate of drug-likeness (QED) is 0.893. The monoisotopic (exact) mass is 326 g/mol. The van der Waals surface area contributed by atoms with Crippen molar-refractivity contribution in [3.63, 3.8) is 0 Å². The Morgan fingerprint density at radius 2 is 2.21 bits per heavy atom. The highest BCUT2D eigenvalue weighted by Gasteiger charge is 2.40. The molecule has 1 atom stereocenters. The Morgan fingerprint density at radius 3 is 2.68 bits per heavy atom. The van der Waals surface area contributed by atoms with Crippen molar-refractivity contribution < 1.29 is 9.53 Å². The van der Waals surface area contributed by atoms with Crippen molar-refractivity contribution in [1.29, 1.82) is 0 Å². The molecule has 0 bridgehead atoms. The smallest absolute Gasteiger partial charge is 0.240 e.